The van der Waals surface area contributed by atoms with Gasteiger partial charge in [0.15, 0.2) is 0 Å². The van der Waals surface area contributed by atoms with Crippen LogP contribution in [0.1, 0.15) is 25.8 Å². The molecular formula is C32H39N7O. The largest absolute Gasteiger partial charge is 0.324 e. The van der Waals surface area contributed by atoms with E-state index >= 15 is 0 Å². The highest BCUT2D eigenvalue weighted by Gasteiger charge is 2.16. The smallest absolute Gasteiger partial charge is 0.251 e. The molecule has 0 spiro atoms. The number of nitrogens with one attached hydrogen (secondary N) is 2. The molecule has 3 aromatic rings. The van der Waals surface area contributed by atoms with Crippen molar-refractivity contribution in [3.63, 3.8) is 0 Å². The van der Waals surface area contributed by atoms with Crippen LogP contribution in [0.25, 0.3) is 11.3 Å². The monoisotopic (exact) mass is 537 g/mol. The first-order chi connectivity index (χ1) is 19.5. The molecule has 1 aliphatic carbocycles. The molecule has 5 rings (SSSR count). The minimum atomic E-state index is -0.101. The molecule has 1 saturated heterocycles. The molecule has 2 aliphatic rings. The van der Waals surface area contributed by atoms with Gasteiger partial charge >= 0.3 is 0 Å². The van der Waals surface area contributed by atoms with Gasteiger partial charge in [-0.3, -0.25) is 14.7 Å². The summed E-state index contributed by atoms with van der Waals surface area (Å²) in [5.41, 5.74) is 6.22. The summed E-state index contributed by atoms with van der Waals surface area (Å²) in [7, 11) is 2.16. The Balaban J connectivity index is 0.00000181. The quantitative estimate of drug-likeness (QED) is 0.405. The lowest BCUT2D eigenvalue weighted by Gasteiger charge is -2.32. The number of aryl methyl sites for hydroxylation is 1. The fraction of sp³-hybridized carbons (Fsp3) is 0.312. The Morgan fingerprint density at radius 2 is 1.85 bits per heavy atom. The van der Waals surface area contributed by atoms with E-state index in [4.69, 9.17) is 0 Å². The number of pyridine rings is 1. The number of hydrogen-bond donors (Lipinski definition) is 2. The van der Waals surface area contributed by atoms with Crippen LogP contribution in [-0.2, 0) is 4.79 Å². The molecule has 3 heterocycles. The Hall–Kier alpha value is -4.14. The maximum absolute atomic E-state index is 13.1. The number of amides is 1. The summed E-state index contributed by atoms with van der Waals surface area (Å²) in [6.07, 6.45) is 14.1. The van der Waals surface area contributed by atoms with E-state index in [1.807, 2.05) is 63.2 Å². The highest BCUT2D eigenvalue weighted by atomic mass is 16.1. The van der Waals surface area contributed by atoms with Crippen LogP contribution in [0.15, 0.2) is 90.4 Å². The van der Waals surface area contributed by atoms with Gasteiger partial charge in [-0.25, -0.2) is 9.97 Å². The number of allylic oxidation sites excluding steroid dienone is 3. The Morgan fingerprint density at radius 1 is 1.02 bits per heavy atom. The molecule has 8 heteroatoms. The number of hydrogen-bond acceptors (Lipinski definition) is 7. The molecule has 2 N–H and O–H groups in total. The first-order valence-corrected chi connectivity index (χ1v) is 13.9. The lowest BCUT2D eigenvalue weighted by atomic mass is 10.1. The maximum atomic E-state index is 13.1. The average Bonchev–Trinajstić information content (AvgIpc) is 3.23. The Morgan fingerprint density at radius 3 is 2.62 bits per heavy atom. The molecule has 0 atom stereocenters. The summed E-state index contributed by atoms with van der Waals surface area (Å²) in [5, 5.41) is 6.35. The number of carbonyl (C=O) groups is 1. The van der Waals surface area contributed by atoms with Crippen molar-refractivity contribution in [1.82, 2.24) is 24.8 Å². The zero-order valence-electron chi connectivity index (χ0n) is 23.9. The number of anilines is 3. The van der Waals surface area contributed by atoms with Crippen LogP contribution in [0.2, 0.25) is 0 Å². The summed E-state index contributed by atoms with van der Waals surface area (Å²) >= 11 is 0. The molecule has 208 valence electrons. The summed E-state index contributed by atoms with van der Waals surface area (Å²) in [6, 6.07) is 11.5. The second-order valence-electron chi connectivity index (χ2n) is 9.74. The lowest BCUT2D eigenvalue weighted by molar-refractivity contribution is -0.112. The molecule has 8 nitrogen and oxygen atoms in total. The number of likely N-dealkylation sites (N-methyl/N-ethyl adjacent to an activating group) is 1. The van der Waals surface area contributed by atoms with Gasteiger partial charge in [-0.15, -0.1) is 0 Å². The van der Waals surface area contributed by atoms with E-state index in [-0.39, 0.29) is 5.91 Å². The van der Waals surface area contributed by atoms with E-state index in [9.17, 15) is 4.79 Å². The van der Waals surface area contributed by atoms with Crippen molar-refractivity contribution in [1.29, 1.82) is 0 Å². The Kier molecular flexibility index (Phi) is 10.3. The van der Waals surface area contributed by atoms with E-state index in [0.29, 0.717) is 18.1 Å². The topological polar surface area (TPSA) is 86.3 Å². The van der Waals surface area contributed by atoms with E-state index in [1.54, 1.807) is 18.6 Å². The number of piperazine rings is 1. The maximum Gasteiger partial charge on any atom is 0.251 e. The van der Waals surface area contributed by atoms with Gasteiger partial charge in [-0.05, 0) is 61.9 Å². The van der Waals surface area contributed by atoms with Crippen LogP contribution in [-0.4, -0.2) is 70.4 Å². The molecular weight excluding hydrogens is 498 g/mol. The third-order valence-electron chi connectivity index (χ3n) is 6.82. The fourth-order valence-corrected chi connectivity index (χ4v) is 4.47. The molecule has 1 aromatic carbocycles. The van der Waals surface area contributed by atoms with Gasteiger partial charge < -0.3 is 15.5 Å². The summed E-state index contributed by atoms with van der Waals surface area (Å²) < 4.78 is 0. The van der Waals surface area contributed by atoms with Crippen molar-refractivity contribution in [3.8, 4) is 11.3 Å². The number of rotatable bonds is 7. The summed E-state index contributed by atoms with van der Waals surface area (Å²) in [4.78, 5) is 31.1. The Bertz CT molecular complexity index is 1370. The van der Waals surface area contributed by atoms with Crippen molar-refractivity contribution in [2.75, 3.05) is 50.4 Å². The van der Waals surface area contributed by atoms with Gasteiger partial charge in [0.05, 0.1) is 5.69 Å². The van der Waals surface area contributed by atoms with Crippen molar-refractivity contribution < 1.29 is 4.79 Å². The zero-order valence-corrected chi connectivity index (χ0v) is 23.9. The minimum Gasteiger partial charge on any atom is -0.324 e. The van der Waals surface area contributed by atoms with Gasteiger partial charge in [0.25, 0.3) is 5.91 Å². The van der Waals surface area contributed by atoms with E-state index in [1.165, 1.54) is 5.57 Å². The average molecular weight is 538 g/mol. The van der Waals surface area contributed by atoms with Crippen LogP contribution in [0, 0.1) is 6.92 Å². The Labute approximate surface area is 237 Å². The first kappa shape index (κ1) is 28.9. The van der Waals surface area contributed by atoms with E-state index in [2.05, 4.69) is 60.7 Å². The highest BCUT2D eigenvalue weighted by Crippen LogP contribution is 2.25. The van der Waals surface area contributed by atoms with E-state index in [0.717, 1.165) is 60.8 Å². The zero-order chi connectivity index (χ0) is 28.3. The molecule has 0 unspecified atom stereocenters. The standard InChI is InChI=1S/C30H33N7O.C2H6/c1-22-8-11-26(19-28(22)35-30-32-14-12-27(34-30)25-7-4-13-31-20-25)33-29(38)24-6-3-5-23(9-10-24)21-37-17-15-36(2)16-18-37;1-2/h3-5,7-14,19-20H,6,15-18,21H2,1-2H3,(H,33,38)(H,32,34,35);1-2H3. The van der Waals surface area contributed by atoms with Crippen molar-refractivity contribution >= 4 is 23.2 Å². The van der Waals surface area contributed by atoms with Crippen LogP contribution >= 0.6 is 0 Å². The number of carbonyl (C=O) groups excluding carboxylic acids is 1. The lowest BCUT2D eigenvalue weighted by Crippen LogP contribution is -2.44. The van der Waals surface area contributed by atoms with Gasteiger partial charge in [0, 0.05) is 73.8 Å². The molecule has 0 saturated carbocycles. The normalized spacial score (nSPS) is 15.7. The van der Waals surface area contributed by atoms with Gasteiger partial charge in [0.1, 0.15) is 0 Å². The SMILES string of the molecule is CC.Cc1ccc(NC(=O)C2=CC=C(CN3CCN(C)CC3)C=CC2)cc1Nc1nccc(-c2cccnc2)n1. The third-order valence-corrected chi connectivity index (χ3v) is 6.82. The molecule has 1 amide bonds. The van der Waals surface area contributed by atoms with Crippen LogP contribution in [0.5, 0.6) is 0 Å². The van der Waals surface area contributed by atoms with Crippen molar-refractivity contribution in [2.45, 2.75) is 27.2 Å². The van der Waals surface area contributed by atoms with Crippen molar-refractivity contribution in [3.05, 3.63) is 96.0 Å². The minimum absolute atomic E-state index is 0.101. The van der Waals surface area contributed by atoms with E-state index < -0.39 is 0 Å². The molecule has 1 aliphatic heterocycles. The predicted molar refractivity (Wildman–Crippen MR) is 164 cm³/mol. The van der Waals surface area contributed by atoms with Crippen LogP contribution in [0.4, 0.5) is 17.3 Å². The molecule has 40 heavy (non-hydrogen) atoms. The van der Waals surface area contributed by atoms with Gasteiger partial charge in [-0.1, -0.05) is 44.2 Å². The van der Waals surface area contributed by atoms with Crippen LogP contribution in [0.3, 0.4) is 0 Å². The third kappa shape index (κ3) is 7.94. The predicted octanol–water partition coefficient (Wildman–Crippen LogP) is 5.62. The first-order valence-electron chi connectivity index (χ1n) is 13.9. The number of nitrogens with zero attached hydrogens (tertiary/aromatic N) is 5. The second-order valence-corrected chi connectivity index (χ2v) is 9.74. The molecule has 2 aromatic heterocycles. The molecule has 0 bridgehead atoms. The van der Waals surface area contributed by atoms with Crippen molar-refractivity contribution in [2.24, 2.45) is 0 Å². The molecule has 0 radical (unpaired) electrons. The summed E-state index contributed by atoms with van der Waals surface area (Å²) in [6.45, 7) is 11.2. The molecule has 1 fully saturated rings. The van der Waals surface area contributed by atoms with Gasteiger partial charge in [-0.2, -0.15) is 0 Å². The fourth-order valence-electron chi connectivity index (χ4n) is 4.47. The van der Waals surface area contributed by atoms with Gasteiger partial charge in [0.2, 0.25) is 5.95 Å². The number of benzene rings is 1. The highest BCUT2D eigenvalue weighted by molar-refractivity contribution is 6.04. The summed E-state index contributed by atoms with van der Waals surface area (Å²) in [5.74, 6) is 0.379. The van der Waals surface area contributed by atoms with Crippen LogP contribution < -0.4 is 10.6 Å². The second kappa shape index (κ2) is 14.3. The number of aromatic nitrogens is 3.